The number of carbonyl (C=O) groups excluding carboxylic acids is 2. The summed E-state index contributed by atoms with van der Waals surface area (Å²) in [5, 5.41) is 5.91. The molecular weight excluding hydrogens is 274 g/mol. The number of aromatic nitrogens is 1. The summed E-state index contributed by atoms with van der Waals surface area (Å²) in [5.41, 5.74) is 0.880. The van der Waals surface area contributed by atoms with E-state index >= 15 is 0 Å². The van der Waals surface area contributed by atoms with Crippen molar-refractivity contribution in [3.05, 3.63) is 16.1 Å². The van der Waals surface area contributed by atoms with E-state index in [1.165, 1.54) is 0 Å². The fourth-order valence-corrected chi connectivity index (χ4v) is 3.10. The van der Waals surface area contributed by atoms with Gasteiger partial charge in [0.1, 0.15) is 0 Å². The predicted molar refractivity (Wildman–Crippen MR) is 78.4 cm³/mol. The molecular formula is C14H21N3O2S. The second-order valence-corrected chi connectivity index (χ2v) is 6.62. The Morgan fingerprint density at radius 2 is 2.20 bits per heavy atom. The molecule has 1 aliphatic rings. The number of rotatable bonds is 4. The van der Waals surface area contributed by atoms with Crippen molar-refractivity contribution in [2.75, 3.05) is 6.54 Å². The molecule has 6 heteroatoms. The molecule has 1 aromatic heterocycles. The molecule has 0 bridgehead atoms. The van der Waals surface area contributed by atoms with Gasteiger partial charge in [0.2, 0.25) is 11.8 Å². The number of nitrogens with zero attached hydrogens (tertiary/aromatic N) is 2. The van der Waals surface area contributed by atoms with Crippen LogP contribution in [0.5, 0.6) is 0 Å². The van der Waals surface area contributed by atoms with Crippen LogP contribution in [0.25, 0.3) is 0 Å². The zero-order valence-electron chi connectivity index (χ0n) is 12.3. The van der Waals surface area contributed by atoms with Gasteiger partial charge in [0.05, 0.1) is 22.7 Å². The Morgan fingerprint density at radius 3 is 2.70 bits per heavy atom. The van der Waals surface area contributed by atoms with E-state index in [0.717, 1.165) is 10.7 Å². The minimum absolute atomic E-state index is 0.0559. The number of nitrogens with one attached hydrogen (secondary N) is 1. The van der Waals surface area contributed by atoms with Crippen molar-refractivity contribution in [1.29, 1.82) is 0 Å². The van der Waals surface area contributed by atoms with E-state index < -0.39 is 0 Å². The summed E-state index contributed by atoms with van der Waals surface area (Å²) in [5.74, 6) is -0.232. The highest BCUT2D eigenvalue weighted by atomic mass is 32.1. The molecule has 0 spiro atoms. The van der Waals surface area contributed by atoms with Crippen LogP contribution in [0.3, 0.4) is 0 Å². The van der Waals surface area contributed by atoms with Crippen molar-refractivity contribution >= 4 is 23.2 Å². The van der Waals surface area contributed by atoms with Gasteiger partial charge >= 0.3 is 0 Å². The number of likely N-dealkylation sites (tertiary alicyclic amines) is 1. The molecule has 2 heterocycles. The minimum Gasteiger partial charge on any atom is -0.348 e. The molecule has 1 saturated heterocycles. The number of aryl methyl sites for hydroxylation is 1. The molecule has 1 N–H and O–H groups in total. The first-order chi connectivity index (χ1) is 9.38. The summed E-state index contributed by atoms with van der Waals surface area (Å²) < 4.78 is 0. The normalized spacial score (nSPS) is 20.6. The summed E-state index contributed by atoms with van der Waals surface area (Å²) in [6.07, 6.45) is 0.312. The lowest BCUT2D eigenvalue weighted by Crippen LogP contribution is -2.36. The maximum Gasteiger partial charge on any atom is 0.225 e. The summed E-state index contributed by atoms with van der Waals surface area (Å²) in [6.45, 7) is 8.32. The third-order valence-corrected chi connectivity index (χ3v) is 4.38. The lowest BCUT2D eigenvalue weighted by molar-refractivity contribution is -0.130. The second kappa shape index (κ2) is 5.91. The van der Waals surface area contributed by atoms with Crippen LogP contribution in [0.1, 0.15) is 43.9 Å². The lowest BCUT2D eigenvalue weighted by atomic mass is 10.1. The number of hydrogen-bond donors (Lipinski definition) is 1. The maximum absolute atomic E-state index is 12.2. The van der Waals surface area contributed by atoms with Crippen LogP contribution in [0.4, 0.5) is 0 Å². The summed E-state index contributed by atoms with van der Waals surface area (Å²) >= 11 is 1.57. The fourth-order valence-electron chi connectivity index (χ4n) is 2.39. The topological polar surface area (TPSA) is 62.3 Å². The molecule has 2 atom stereocenters. The Kier molecular flexibility index (Phi) is 4.42. The van der Waals surface area contributed by atoms with Gasteiger partial charge in [0.15, 0.2) is 0 Å². The van der Waals surface area contributed by atoms with Crippen molar-refractivity contribution in [1.82, 2.24) is 15.2 Å². The first-order valence-corrected chi connectivity index (χ1v) is 7.78. The molecule has 2 amide bonds. The summed E-state index contributed by atoms with van der Waals surface area (Å²) in [6, 6.07) is 0.0366. The zero-order valence-corrected chi connectivity index (χ0v) is 13.2. The van der Waals surface area contributed by atoms with Gasteiger partial charge in [0, 0.05) is 24.4 Å². The van der Waals surface area contributed by atoms with Crippen LogP contribution in [0, 0.1) is 12.8 Å². The average molecular weight is 295 g/mol. The SMILES string of the molecule is Cc1nc(C(C)NC(=O)C2CC(=O)N(C(C)C)C2)cs1. The van der Waals surface area contributed by atoms with Crippen LogP contribution in [0.15, 0.2) is 5.38 Å². The zero-order chi connectivity index (χ0) is 14.9. The molecule has 20 heavy (non-hydrogen) atoms. The van der Waals surface area contributed by atoms with Crippen molar-refractivity contribution in [3.63, 3.8) is 0 Å². The highest BCUT2D eigenvalue weighted by Gasteiger charge is 2.35. The Hall–Kier alpha value is -1.43. The largest absolute Gasteiger partial charge is 0.348 e. The van der Waals surface area contributed by atoms with E-state index in [1.807, 2.05) is 33.1 Å². The fraction of sp³-hybridized carbons (Fsp3) is 0.643. The lowest BCUT2D eigenvalue weighted by Gasteiger charge is -2.21. The van der Waals surface area contributed by atoms with E-state index in [9.17, 15) is 9.59 Å². The van der Waals surface area contributed by atoms with Crippen LogP contribution in [-0.2, 0) is 9.59 Å². The Bertz CT molecular complexity index is 512. The van der Waals surface area contributed by atoms with Crippen LogP contribution >= 0.6 is 11.3 Å². The number of carbonyl (C=O) groups is 2. The summed E-state index contributed by atoms with van der Waals surface area (Å²) in [7, 11) is 0. The van der Waals surface area contributed by atoms with E-state index in [-0.39, 0.29) is 29.8 Å². The predicted octanol–water partition coefficient (Wildman–Crippen LogP) is 1.89. The molecule has 1 aliphatic heterocycles. The molecule has 0 aliphatic carbocycles. The summed E-state index contributed by atoms with van der Waals surface area (Å²) in [4.78, 5) is 30.2. The quantitative estimate of drug-likeness (QED) is 0.922. The van der Waals surface area contributed by atoms with Crippen molar-refractivity contribution in [3.8, 4) is 0 Å². The maximum atomic E-state index is 12.2. The van der Waals surface area contributed by atoms with E-state index in [2.05, 4.69) is 10.3 Å². The molecule has 0 saturated carbocycles. The van der Waals surface area contributed by atoms with E-state index in [1.54, 1.807) is 16.2 Å². The highest BCUT2D eigenvalue weighted by Crippen LogP contribution is 2.22. The molecule has 1 fully saturated rings. The Labute approximate surface area is 123 Å². The molecule has 5 nitrogen and oxygen atoms in total. The van der Waals surface area contributed by atoms with Crippen molar-refractivity contribution in [2.45, 2.75) is 46.2 Å². The standard InChI is InChI=1S/C14H21N3O2S/c1-8(2)17-6-11(5-13(17)18)14(19)15-9(3)12-7-20-10(4)16-12/h7-9,11H,5-6H2,1-4H3,(H,15,19). The second-order valence-electron chi connectivity index (χ2n) is 5.56. The van der Waals surface area contributed by atoms with Gasteiger partial charge < -0.3 is 10.2 Å². The van der Waals surface area contributed by atoms with Gasteiger partial charge in [-0.1, -0.05) is 0 Å². The monoisotopic (exact) mass is 295 g/mol. The molecule has 0 aromatic carbocycles. The van der Waals surface area contributed by atoms with Crippen molar-refractivity contribution in [2.24, 2.45) is 5.92 Å². The number of amides is 2. The van der Waals surface area contributed by atoms with Gasteiger partial charge in [-0.15, -0.1) is 11.3 Å². The highest BCUT2D eigenvalue weighted by molar-refractivity contribution is 7.09. The van der Waals surface area contributed by atoms with Gasteiger partial charge in [-0.05, 0) is 27.7 Å². The van der Waals surface area contributed by atoms with Crippen molar-refractivity contribution < 1.29 is 9.59 Å². The third-order valence-electron chi connectivity index (χ3n) is 3.59. The van der Waals surface area contributed by atoms with E-state index in [4.69, 9.17) is 0 Å². The molecule has 0 radical (unpaired) electrons. The van der Waals surface area contributed by atoms with Gasteiger partial charge in [-0.3, -0.25) is 9.59 Å². The average Bonchev–Trinajstić information content (AvgIpc) is 2.95. The van der Waals surface area contributed by atoms with Gasteiger partial charge in [0.25, 0.3) is 0 Å². The van der Waals surface area contributed by atoms with E-state index in [0.29, 0.717) is 13.0 Å². The van der Waals surface area contributed by atoms with Gasteiger partial charge in [-0.25, -0.2) is 4.98 Å². The number of thiazole rings is 1. The number of hydrogen-bond acceptors (Lipinski definition) is 4. The molecule has 1 aromatic rings. The first-order valence-electron chi connectivity index (χ1n) is 6.90. The first kappa shape index (κ1) is 15.0. The third kappa shape index (κ3) is 3.17. The molecule has 2 rings (SSSR count). The van der Waals surface area contributed by atoms with Gasteiger partial charge in [-0.2, -0.15) is 0 Å². The minimum atomic E-state index is -0.243. The molecule has 110 valence electrons. The molecule has 2 unspecified atom stereocenters. The smallest absolute Gasteiger partial charge is 0.225 e. The Balaban J connectivity index is 1.94. The van der Waals surface area contributed by atoms with Crippen LogP contribution in [-0.4, -0.2) is 34.3 Å². The van der Waals surface area contributed by atoms with Crippen LogP contribution in [0.2, 0.25) is 0 Å². The van der Waals surface area contributed by atoms with Crippen LogP contribution < -0.4 is 5.32 Å². The Morgan fingerprint density at radius 1 is 1.50 bits per heavy atom.